The summed E-state index contributed by atoms with van der Waals surface area (Å²) in [7, 11) is 0. The molecular weight excluding hydrogens is 188 g/mol. The highest BCUT2D eigenvalue weighted by atomic mass is 16.5. The minimum absolute atomic E-state index is 0.0267. The molecule has 1 aliphatic rings. The number of hydrogen-bond donors (Lipinski definition) is 0. The van der Waals surface area contributed by atoms with Crippen molar-refractivity contribution in [2.75, 3.05) is 0 Å². The molecule has 0 bridgehead atoms. The van der Waals surface area contributed by atoms with Gasteiger partial charge in [-0.15, -0.1) is 0 Å². The molecule has 0 aromatic heterocycles. The van der Waals surface area contributed by atoms with E-state index in [4.69, 9.17) is 4.74 Å². The maximum atomic E-state index is 10.8. The van der Waals surface area contributed by atoms with E-state index in [2.05, 4.69) is 18.2 Å². The lowest BCUT2D eigenvalue weighted by atomic mass is 10.1. The van der Waals surface area contributed by atoms with Crippen LogP contribution in [0.5, 0.6) is 0 Å². The van der Waals surface area contributed by atoms with Crippen LogP contribution in [0.15, 0.2) is 35.8 Å². The Bertz CT molecular complexity index is 308. The standard InChI is InChI=1S/C13H18O2/c1-11(14)10-12(2)15-13-8-6-4-3-5-7-9-13/h3-4,9-10H,5-8H2,1-2H3/b4-3-,12-10+,13-9+. The predicted octanol–water partition coefficient (Wildman–Crippen LogP) is 3.51. The average molecular weight is 206 g/mol. The molecular formula is C13H18O2. The number of carbonyl (C=O) groups is 1. The van der Waals surface area contributed by atoms with Crippen molar-refractivity contribution < 1.29 is 9.53 Å². The van der Waals surface area contributed by atoms with Crippen molar-refractivity contribution in [3.8, 4) is 0 Å². The number of carbonyl (C=O) groups excluding carboxylic acids is 1. The van der Waals surface area contributed by atoms with E-state index in [9.17, 15) is 4.79 Å². The molecule has 15 heavy (non-hydrogen) atoms. The summed E-state index contributed by atoms with van der Waals surface area (Å²) < 4.78 is 5.61. The number of rotatable bonds is 3. The van der Waals surface area contributed by atoms with Crippen molar-refractivity contribution >= 4 is 5.78 Å². The lowest BCUT2D eigenvalue weighted by Gasteiger charge is -2.10. The van der Waals surface area contributed by atoms with Gasteiger partial charge in [0, 0.05) is 12.5 Å². The van der Waals surface area contributed by atoms with Gasteiger partial charge in [-0.2, -0.15) is 0 Å². The van der Waals surface area contributed by atoms with Gasteiger partial charge in [0.1, 0.15) is 5.76 Å². The molecule has 82 valence electrons. The fourth-order valence-electron chi connectivity index (χ4n) is 1.52. The van der Waals surface area contributed by atoms with E-state index in [1.54, 1.807) is 0 Å². The maximum Gasteiger partial charge on any atom is 0.155 e. The molecule has 0 aromatic carbocycles. The third-order valence-electron chi connectivity index (χ3n) is 2.13. The smallest absolute Gasteiger partial charge is 0.155 e. The summed E-state index contributed by atoms with van der Waals surface area (Å²) in [5.41, 5.74) is 0. The summed E-state index contributed by atoms with van der Waals surface area (Å²) in [5.74, 6) is 1.69. The monoisotopic (exact) mass is 206 g/mol. The summed E-state index contributed by atoms with van der Waals surface area (Å²) in [6.45, 7) is 3.35. The highest BCUT2D eigenvalue weighted by Crippen LogP contribution is 2.16. The topological polar surface area (TPSA) is 26.3 Å². The van der Waals surface area contributed by atoms with Crippen molar-refractivity contribution in [2.24, 2.45) is 0 Å². The van der Waals surface area contributed by atoms with Crippen LogP contribution in [0.25, 0.3) is 0 Å². The van der Waals surface area contributed by atoms with Gasteiger partial charge in [-0.25, -0.2) is 0 Å². The summed E-state index contributed by atoms with van der Waals surface area (Å²) in [6.07, 6.45) is 12.0. The number of ether oxygens (including phenoxy) is 1. The van der Waals surface area contributed by atoms with Gasteiger partial charge in [-0.1, -0.05) is 12.2 Å². The van der Waals surface area contributed by atoms with Crippen molar-refractivity contribution in [1.29, 1.82) is 0 Å². The van der Waals surface area contributed by atoms with Gasteiger partial charge in [-0.3, -0.25) is 4.79 Å². The van der Waals surface area contributed by atoms with Crippen LogP contribution in [0.3, 0.4) is 0 Å². The molecule has 0 saturated heterocycles. The van der Waals surface area contributed by atoms with Gasteiger partial charge in [0.25, 0.3) is 0 Å². The van der Waals surface area contributed by atoms with Crippen LogP contribution >= 0.6 is 0 Å². The first kappa shape index (κ1) is 11.8. The highest BCUT2D eigenvalue weighted by Gasteiger charge is 2.01. The molecule has 0 aromatic rings. The van der Waals surface area contributed by atoms with Crippen LogP contribution in [0, 0.1) is 0 Å². The Morgan fingerprint density at radius 2 is 2.00 bits per heavy atom. The molecule has 1 aliphatic carbocycles. The van der Waals surface area contributed by atoms with E-state index >= 15 is 0 Å². The molecule has 2 heteroatoms. The van der Waals surface area contributed by atoms with Crippen molar-refractivity contribution in [1.82, 2.24) is 0 Å². The predicted molar refractivity (Wildman–Crippen MR) is 61.2 cm³/mol. The van der Waals surface area contributed by atoms with Gasteiger partial charge >= 0.3 is 0 Å². The van der Waals surface area contributed by atoms with Crippen LogP contribution in [-0.2, 0) is 9.53 Å². The van der Waals surface area contributed by atoms with E-state index in [1.165, 1.54) is 13.0 Å². The number of allylic oxidation sites excluding steroid dienone is 6. The van der Waals surface area contributed by atoms with Crippen LogP contribution in [0.4, 0.5) is 0 Å². The lowest BCUT2D eigenvalue weighted by Crippen LogP contribution is -1.95. The second-order valence-electron chi connectivity index (χ2n) is 3.73. The zero-order chi connectivity index (χ0) is 11.1. The fraction of sp³-hybridized carbons (Fsp3) is 0.462. The molecule has 2 nitrogen and oxygen atoms in total. The van der Waals surface area contributed by atoms with Crippen LogP contribution in [-0.4, -0.2) is 5.78 Å². The SMILES string of the molecule is CC(=O)/C=C(\C)O/C1=C/CC/C=C\CC1. The number of ketones is 1. The molecule has 0 unspecified atom stereocenters. The lowest BCUT2D eigenvalue weighted by molar-refractivity contribution is -0.112. The molecule has 0 N–H and O–H groups in total. The van der Waals surface area contributed by atoms with Gasteiger partial charge < -0.3 is 4.74 Å². The molecule has 0 spiro atoms. The normalized spacial score (nSPS) is 23.3. The Hall–Kier alpha value is -1.31. The minimum Gasteiger partial charge on any atom is -0.467 e. The summed E-state index contributed by atoms with van der Waals surface area (Å²) in [5, 5.41) is 0. The molecule has 0 fully saturated rings. The van der Waals surface area contributed by atoms with Gasteiger partial charge in [-0.05, 0) is 39.2 Å². The molecule has 0 aliphatic heterocycles. The molecule has 0 radical (unpaired) electrons. The van der Waals surface area contributed by atoms with Gasteiger partial charge in [0.15, 0.2) is 5.78 Å². The first-order valence-corrected chi connectivity index (χ1v) is 5.39. The van der Waals surface area contributed by atoms with Crippen LogP contribution in [0.1, 0.15) is 39.5 Å². The van der Waals surface area contributed by atoms with Crippen molar-refractivity contribution in [2.45, 2.75) is 39.5 Å². The number of hydrogen-bond acceptors (Lipinski definition) is 2. The van der Waals surface area contributed by atoms with E-state index in [1.807, 2.05) is 6.92 Å². The van der Waals surface area contributed by atoms with Gasteiger partial charge in [0.05, 0.1) is 5.76 Å². The van der Waals surface area contributed by atoms with Crippen molar-refractivity contribution in [3.05, 3.63) is 35.8 Å². The molecule has 0 saturated carbocycles. The zero-order valence-corrected chi connectivity index (χ0v) is 9.45. The Balaban J connectivity index is 2.52. The first-order valence-electron chi connectivity index (χ1n) is 5.39. The molecule has 0 amide bonds. The van der Waals surface area contributed by atoms with E-state index in [0.717, 1.165) is 31.4 Å². The summed E-state index contributed by atoms with van der Waals surface area (Å²) >= 11 is 0. The Kier molecular flexibility index (Phi) is 4.88. The molecule has 1 rings (SSSR count). The maximum absolute atomic E-state index is 10.8. The van der Waals surface area contributed by atoms with E-state index in [0.29, 0.717) is 5.76 Å². The van der Waals surface area contributed by atoms with E-state index < -0.39 is 0 Å². The minimum atomic E-state index is 0.0267. The summed E-state index contributed by atoms with van der Waals surface area (Å²) in [4.78, 5) is 10.8. The molecule has 0 heterocycles. The second-order valence-corrected chi connectivity index (χ2v) is 3.73. The first-order chi connectivity index (χ1) is 7.18. The average Bonchev–Trinajstić information content (AvgIpc) is 2.08. The quantitative estimate of drug-likeness (QED) is 0.401. The largest absolute Gasteiger partial charge is 0.467 e. The Morgan fingerprint density at radius 3 is 2.73 bits per heavy atom. The fourth-order valence-corrected chi connectivity index (χ4v) is 1.52. The van der Waals surface area contributed by atoms with Crippen molar-refractivity contribution in [3.63, 3.8) is 0 Å². The van der Waals surface area contributed by atoms with Gasteiger partial charge in [0.2, 0.25) is 0 Å². The summed E-state index contributed by atoms with van der Waals surface area (Å²) in [6, 6.07) is 0. The third-order valence-corrected chi connectivity index (χ3v) is 2.13. The second kappa shape index (κ2) is 6.23. The highest BCUT2D eigenvalue weighted by molar-refractivity contribution is 5.87. The van der Waals surface area contributed by atoms with E-state index in [-0.39, 0.29) is 5.78 Å². The molecule has 0 atom stereocenters. The Morgan fingerprint density at radius 1 is 1.27 bits per heavy atom. The zero-order valence-electron chi connectivity index (χ0n) is 9.45. The van der Waals surface area contributed by atoms with Crippen LogP contribution < -0.4 is 0 Å². The third kappa shape index (κ3) is 5.21. The van der Waals surface area contributed by atoms with Crippen LogP contribution in [0.2, 0.25) is 0 Å². The Labute approximate surface area is 91.3 Å².